The molecule has 49 heavy (non-hydrogen) atoms. The van der Waals surface area contributed by atoms with Gasteiger partial charge in [-0.15, -0.1) is 0 Å². The number of piperazine rings is 1. The first-order valence-corrected chi connectivity index (χ1v) is 18.9. The molecule has 262 valence electrons. The number of sulfone groups is 1. The molecule has 1 fully saturated rings. The molecule has 3 aromatic carbocycles. The Kier molecular flexibility index (Phi) is 12.3. The van der Waals surface area contributed by atoms with Crippen LogP contribution in [-0.4, -0.2) is 86.3 Å². The number of rotatable bonds is 9. The van der Waals surface area contributed by atoms with Crippen molar-refractivity contribution in [1.29, 1.82) is 5.26 Å². The van der Waals surface area contributed by atoms with Crippen LogP contribution < -0.4 is 4.74 Å². The number of urea groups is 1. The van der Waals surface area contributed by atoms with Gasteiger partial charge in [0.1, 0.15) is 27.5 Å². The van der Waals surface area contributed by atoms with E-state index in [0.717, 1.165) is 11.1 Å². The molecule has 13 heteroatoms. The molecule has 1 saturated heterocycles. The number of ether oxygens (including phenoxy) is 1. The molecule has 0 aromatic heterocycles. The number of hydrogen-bond donors (Lipinski definition) is 0. The van der Waals surface area contributed by atoms with E-state index in [4.69, 9.17) is 44.5 Å². The second-order valence-electron chi connectivity index (χ2n) is 12.6. The number of aliphatic imine (C=N–C) groups is 1. The number of nitriles is 1. The quantitative estimate of drug-likeness (QED) is 0.221. The van der Waals surface area contributed by atoms with Crippen molar-refractivity contribution < 1.29 is 17.9 Å². The molecule has 9 nitrogen and oxygen atoms in total. The summed E-state index contributed by atoms with van der Waals surface area (Å²) in [7, 11) is -3.11. The van der Waals surface area contributed by atoms with Gasteiger partial charge in [0.15, 0.2) is 0 Å². The third-order valence-corrected chi connectivity index (χ3v) is 10.4. The lowest BCUT2D eigenvalue weighted by molar-refractivity contribution is 0.122. The number of halogens is 3. The van der Waals surface area contributed by atoms with E-state index in [1.807, 2.05) is 31.2 Å². The second kappa shape index (κ2) is 15.7. The van der Waals surface area contributed by atoms with Gasteiger partial charge in [0.2, 0.25) is 0 Å². The maximum Gasteiger partial charge on any atom is 0.326 e. The number of amidine groups is 1. The SMILES string of the molecule is C.CCOc1cc(C(C)(C)C#N)c(Cl)cc1C1=N[C@@H](c2ccc(Cl)cc2)[C@@H](c2ccc(Cl)cc2)N1C(=O)N1CCN(CCS(C)(=O)=O)CC1. The van der Waals surface area contributed by atoms with Gasteiger partial charge in [-0.05, 0) is 73.9 Å². The van der Waals surface area contributed by atoms with E-state index in [-0.39, 0.29) is 19.2 Å². The largest absolute Gasteiger partial charge is 0.493 e. The molecular weight excluding hydrogens is 705 g/mol. The van der Waals surface area contributed by atoms with Crippen LogP contribution in [0.2, 0.25) is 15.1 Å². The fourth-order valence-electron chi connectivity index (χ4n) is 6.01. The Morgan fingerprint density at radius 1 is 0.980 bits per heavy atom. The Hall–Kier alpha value is -3.33. The lowest BCUT2D eigenvalue weighted by Gasteiger charge is -2.39. The van der Waals surface area contributed by atoms with Crippen LogP contribution in [0.5, 0.6) is 5.75 Å². The molecule has 0 bridgehead atoms. The average Bonchev–Trinajstić information content (AvgIpc) is 3.45. The number of carbonyl (C=O) groups is 1. The fraction of sp³-hybridized carbons (Fsp3) is 0.417. The standard InChI is InChI=1S/C35H38Cl3N5O4S.CH4/c1-5-47-30-21-28(35(2,3)22-39)29(38)20-27(30)33-40-31(23-6-10-25(36)11-7-23)32(24-8-12-26(37)13-9-24)43(33)34(44)42-16-14-41(15-17-42)18-19-48(4,45)46;/h6-13,20-21,31-32H,5,14-19H2,1-4H3;1H4/t31-,32+;/m0./s1. The van der Waals surface area contributed by atoms with Gasteiger partial charge in [-0.3, -0.25) is 14.8 Å². The first kappa shape index (κ1) is 38.5. The predicted molar refractivity (Wildman–Crippen MR) is 198 cm³/mol. The maximum absolute atomic E-state index is 14.8. The molecular formula is C36H42Cl3N5O4S. The van der Waals surface area contributed by atoms with Crippen LogP contribution in [0.1, 0.15) is 62.5 Å². The zero-order valence-electron chi connectivity index (χ0n) is 27.3. The lowest BCUT2D eigenvalue weighted by Crippen LogP contribution is -2.54. The van der Waals surface area contributed by atoms with Gasteiger partial charge < -0.3 is 9.64 Å². The highest BCUT2D eigenvalue weighted by Crippen LogP contribution is 2.46. The molecule has 2 atom stereocenters. The van der Waals surface area contributed by atoms with Crippen molar-refractivity contribution in [1.82, 2.24) is 14.7 Å². The van der Waals surface area contributed by atoms with Crippen molar-refractivity contribution in [2.75, 3.05) is 51.3 Å². The molecule has 0 aliphatic carbocycles. The minimum atomic E-state index is -3.11. The van der Waals surface area contributed by atoms with Gasteiger partial charge in [0.25, 0.3) is 0 Å². The Morgan fingerprint density at radius 2 is 1.55 bits per heavy atom. The zero-order chi connectivity index (χ0) is 34.8. The van der Waals surface area contributed by atoms with Crippen molar-refractivity contribution in [2.45, 2.75) is 45.7 Å². The lowest BCUT2D eigenvalue weighted by atomic mass is 9.85. The molecule has 0 spiro atoms. The van der Waals surface area contributed by atoms with E-state index in [2.05, 4.69) is 11.0 Å². The van der Waals surface area contributed by atoms with E-state index in [9.17, 15) is 18.5 Å². The molecule has 2 aliphatic rings. The van der Waals surface area contributed by atoms with Gasteiger partial charge in [0.05, 0.1) is 35.4 Å². The summed E-state index contributed by atoms with van der Waals surface area (Å²) >= 11 is 19.5. The Morgan fingerprint density at radius 3 is 2.08 bits per heavy atom. The average molecular weight is 747 g/mol. The first-order chi connectivity index (χ1) is 22.7. The summed E-state index contributed by atoms with van der Waals surface area (Å²) in [5.41, 5.74) is 1.90. The van der Waals surface area contributed by atoms with E-state index in [1.165, 1.54) is 6.26 Å². The van der Waals surface area contributed by atoms with E-state index in [1.54, 1.807) is 60.0 Å². The molecule has 5 rings (SSSR count). The van der Waals surface area contributed by atoms with Crippen molar-refractivity contribution in [3.8, 4) is 11.8 Å². The minimum absolute atomic E-state index is 0. The number of nitrogens with zero attached hydrogens (tertiary/aromatic N) is 5. The topological polar surface area (TPSA) is 106 Å². The predicted octanol–water partition coefficient (Wildman–Crippen LogP) is 7.81. The van der Waals surface area contributed by atoms with Crippen LogP contribution in [0, 0.1) is 11.3 Å². The summed E-state index contributed by atoms with van der Waals surface area (Å²) in [6, 6.07) is 19.2. The van der Waals surface area contributed by atoms with E-state index < -0.39 is 27.3 Å². The molecule has 0 radical (unpaired) electrons. The van der Waals surface area contributed by atoms with Crippen LogP contribution in [0.15, 0.2) is 65.7 Å². The van der Waals surface area contributed by atoms with Gasteiger partial charge in [-0.1, -0.05) is 66.5 Å². The second-order valence-corrected chi connectivity index (χ2v) is 16.1. The van der Waals surface area contributed by atoms with E-state index in [0.29, 0.717) is 77.1 Å². The normalized spacial score (nSPS) is 18.4. The van der Waals surface area contributed by atoms with Crippen molar-refractivity contribution >= 4 is 56.5 Å². The van der Waals surface area contributed by atoms with Crippen LogP contribution in [0.4, 0.5) is 4.79 Å². The Bertz CT molecular complexity index is 1840. The van der Waals surface area contributed by atoms with Crippen LogP contribution >= 0.6 is 34.8 Å². The molecule has 0 N–H and O–H groups in total. The highest BCUT2D eigenvalue weighted by Gasteiger charge is 2.45. The number of carbonyl (C=O) groups excluding carboxylic acids is 1. The summed E-state index contributed by atoms with van der Waals surface area (Å²) in [6.45, 7) is 8.04. The summed E-state index contributed by atoms with van der Waals surface area (Å²) in [5.74, 6) is 0.894. The van der Waals surface area contributed by atoms with Crippen LogP contribution in [0.3, 0.4) is 0 Å². The first-order valence-electron chi connectivity index (χ1n) is 15.7. The van der Waals surface area contributed by atoms with Crippen molar-refractivity contribution in [2.24, 2.45) is 4.99 Å². The monoisotopic (exact) mass is 745 g/mol. The van der Waals surface area contributed by atoms with Crippen LogP contribution in [0.25, 0.3) is 0 Å². The Labute approximate surface area is 304 Å². The smallest absolute Gasteiger partial charge is 0.326 e. The summed E-state index contributed by atoms with van der Waals surface area (Å²) in [4.78, 5) is 25.6. The minimum Gasteiger partial charge on any atom is -0.493 e. The number of benzene rings is 3. The molecule has 2 aliphatic heterocycles. The molecule has 2 heterocycles. The highest BCUT2D eigenvalue weighted by molar-refractivity contribution is 7.90. The van der Waals surface area contributed by atoms with Gasteiger partial charge in [-0.25, -0.2) is 13.2 Å². The third-order valence-electron chi connectivity index (χ3n) is 8.68. The van der Waals surface area contributed by atoms with Gasteiger partial charge >= 0.3 is 6.03 Å². The van der Waals surface area contributed by atoms with Crippen LogP contribution in [-0.2, 0) is 15.3 Å². The Balaban J connectivity index is 0.00000541. The van der Waals surface area contributed by atoms with Gasteiger partial charge in [0, 0.05) is 54.0 Å². The molecule has 3 aromatic rings. The third kappa shape index (κ3) is 8.70. The van der Waals surface area contributed by atoms with Crippen molar-refractivity contribution in [3.05, 3.63) is 98.0 Å². The van der Waals surface area contributed by atoms with Crippen molar-refractivity contribution in [3.63, 3.8) is 0 Å². The molecule has 0 saturated carbocycles. The number of amides is 2. The molecule has 2 amide bonds. The summed E-state index contributed by atoms with van der Waals surface area (Å²) < 4.78 is 29.7. The fourth-order valence-corrected chi connectivity index (χ4v) is 7.25. The highest BCUT2D eigenvalue weighted by atomic mass is 35.5. The summed E-state index contributed by atoms with van der Waals surface area (Å²) in [5, 5.41) is 11.4. The maximum atomic E-state index is 14.8. The summed E-state index contributed by atoms with van der Waals surface area (Å²) in [6.07, 6.45) is 1.23. The van der Waals surface area contributed by atoms with Gasteiger partial charge in [-0.2, -0.15) is 5.26 Å². The zero-order valence-corrected chi connectivity index (χ0v) is 30.4. The number of hydrogen-bond acceptors (Lipinski definition) is 7. The molecule has 0 unspecified atom stereocenters. The van der Waals surface area contributed by atoms with E-state index >= 15 is 0 Å².